The minimum absolute atomic E-state index is 0.597. The molecular weight excluding hydrogens is 162 g/mol. The van der Waals surface area contributed by atoms with Crippen LogP contribution < -0.4 is 10.6 Å². The van der Waals surface area contributed by atoms with Crippen LogP contribution in [0.1, 0.15) is 13.3 Å². The molecule has 0 fully saturated rings. The van der Waals surface area contributed by atoms with Crippen LogP contribution in [0.5, 0.6) is 0 Å². The number of H-pyrrole nitrogens is 1. The average Bonchev–Trinajstić information content (AvgIpc) is 2.66. The van der Waals surface area contributed by atoms with Gasteiger partial charge in [0, 0.05) is 26.0 Å². The Morgan fingerprint density at radius 2 is 2.38 bits per heavy atom. The molecule has 1 aromatic rings. The number of hydrogen-bond acceptors (Lipinski definition) is 2. The molecule has 0 saturated heterocycles. The van der Waals surface area contributed by atoms with Gasteiger partial charge in [0.15, 0.2) is 0 Å². The van der Waals surface area contributed by atoms with E-state index in [9.17, 15) is 0 Å². The van der Waals surface area contributed by atoms with Crippen LogP contribution in [-0.2, 0) is 0 Å². The van der Waals surface area contributed by atoms with Gasteiger partial charge < -0.3 is 15.6 Å². The van der Waals surface area contributed by atoms with E-state index in [0.29, 0.717) is 5.92 Å². The van der Waals surface area contributed by atoms with Crippen molar-refractivity contribution in [2.75, 3.05) is 25.0 Å². The molecule has 1 aromatic heterocycles. The zero-order valence-corrected chi connectivity index (χ0v) is 8.46. The number of aromatic nitrogens is 1. The molecule has 0 amide bonds. The largest absolute Gasteiger partial charge is 0.373 e. The summed E-state index contributed by atoms with van der Waals surface area (Å²) in [5, 5.41) is 0. The number of nitrogens with zero attached hydrogens (tertiary/aromatic N) is 1. The van der Waals surface area contributed by atoms with Crippen LogP contribution in [0.2, 0.25) is 0 Å². The van der Waals surface area contributed by atoms with Crippen molar-refractivity contribution in [3.05, 3.63) is 18.5 Å². The van der Waals surface area contributed by atoms with Crippen LogP contribution in [0, 0.1) is 5.92 Å². The predicted molar refractivity (Wildman–Crippen MR) is 56.9 cm³/mol. The maximum absolute atomic E-state index is 5.65. The van der Waals surface area contributed by atoms with Crippen LogP contribution in [0.3, 0.4) is 0 Å². The maximum Gasteiger partial charge on any atom is 0.0541 e. The lowest BCUT2D eigenvalue weighted by Gasteiger charge is -2.22. The van der Waals surface area contributed by atoms with E-state index >= 15 is 0 Å². The van der Waals surface area contributed by atoms with Crippen molar-refractivity contribution in [1.29, 1.82) is 0 Å². The van der Waals surface area contributed by atoms with E-state index < -0.39 is 0 Å². The van der Waals surface area contributed by atoms with Crippen molar-refractivity contribution >= 4 is 5.69 Å². The van der Waals surface area contributed by atoms with Crippen molar-refractivity contribution in [2.24, 2.45) is 11.7 Å². The van der Waals surface area contributed by atoms with Gasteiger partial charge in [-0.25, -0.2) is 0 Å². The van der Waals surface area contributed by atoms with Crippen molar-refractivity contribution in [2.45, 2.75) is 13.3 Å². The van der Waals surface area contributed by atoms with Crippen LogP contribution in [-0.4, -0.2) is 25.1 Å². The first kappa shape index (κ1) is 10.1. The molecule has 0 aliphatic carbocycles. The lowest BCUT2D eigenvalue weighted by molar-refractivity contribution is 0.521. The zero-order valence-electron chi connectivity index (χ0n) is 8.46. The summed E-state index contributed by atoms with van der Waals surface area (Å²) >= 11 is 0. The van der Waals surface area contributed by atoms with Gasteiger partial charge >= 0.3 is 0 Å². The number of aromatic amines is 1. The first-order valence-electron chi connectivity index (χ1n) is 4.82. The van der Waals surface area contributed by atoms with E-state index in [-0.39, 0.29) is 0 Å². The van der Waals surface area contributed by atoms with Gasteiger partial charge in [0.05, 0.1) is 5.69 Å². The molecule has 1 atom stereocenters. The van der Waals surface area contributed by atoms with Gasteiger partial charge in [-0.1, -0.05) is 13.3 Å². The lowest BCUT2D eigenvalue weighted by Crippen LogP contribution is -2.29. The number of anilines is 1. The Balaban J connectivity index is 2.45. The molecule has 0 aliphatic heterocycles. The summed E-state index contributed by atoms with van der Waals surface area (Å²) in [4.78, 5) is 5.28. The van der Waals surface area contributed by atoms with Crippen LogP contribution in [0.15, 0.2) is 18.5 Å². The molecule has 74 valence electrons. The summed E-state index contributed by atoms with van der Waals surface area (Å²) in [5.41, 5.74) is 6.88. The van der Waals surface area contributed by atoms with E-state index in [1.165, 1.54) is 5.69 Å². The number of hydrogen-bond donors (Lipinski definition) is 2. The summed E-state index contributed by atoms with van der Waals surface area (Å²) in [6.07, 6.45) is 5.09. The summed E-state index contributed by atoms with van der Waals surface area (Å²) in [7, 11) is 2.10. The van der Waals surface area contributed by atoms with Crippen molar-refractivity contribution in [3.8, 4) is 0 Å². The lowest BCUT2D eigenvalue weighted by atomic mass is 10.1. The molecule has 0 aromatic carbocycles. The first-order valence-corrected chi connectivity index (χ1v) is 4.82. The quantitative estimate of drug-likeness (QED) is 0.722. The molecule has 1 heterocycles. The molecule has 0 aliphatic rings. The fourth-order valence-electron chi connectivity index (χ4n) is 1.42. The minimum atomic E-state index is 0.597. The van der Waals surface area contributed by atoms with Gasteiger partial charge in [-0.3, -0.25) is 0 Å². The molecule has 0 radical (unpaired) electrons. The number of nitrogens with two attached hydrogens (primary N) is 1. The molecule has 1 rings (SSSR count). The standard InChI is InChI=1S/C10H19N3/c1-3-9(6-11)8-13(2)10-4-5-12-7-10/h4-5,7,9,12H,3,6,8,11H2,1-2H3. The third kappa shape index (κ3) is 2.77. The molecule has 3 N–H and O–H groups in total. The van der Waals surface area contributed by atoms with Gasteiger partial charge in [0.25, 0.3) is 0 Å². The molecule has 3 nitrogen and oxygen atoms in total. The normalized spacial score (nSPS) is 12.8. The molecule has 0 bridgehead atoms. The third-order valence-electron chi connectivity index (χ3n) is 2.47. The van der Waals surface area contributed by atoms with Gasteiger partial charge in [-0.15, -0.1) is 0 Å². The molecule has 0 spiro atoms. The third-order valence-corrected chi connectivity index (χ3v) is 2.47. The summed E-state index contributed by atoms with van der Waals surface area (Å²) in [6.45, 7) is 3.98. The summed E-state index contributed by atoms with van der Waals surface area (Å²) < 4.78 is 0. The summed E-state index contributed by atoms with van der Waals surface area (Å²) in [6, 6.07) is 2.07. The second kappa shape index (κ2) is 4.92. The van der Waals surface area contributed by atoms with Crippen molar-refractivity contribution < 1.29 is 0 Å². The van der Waals surface area contributed by atoms with Gasteiger partial charge in [-0.05, 0) is 18.5 Å². The molecule has 3 heteroatoms. The molecule has 0 saturated carbocycles. The number of rotatable bonds is 5. The van der Waals surface area contributed by atoms with Crippen LogP contribution in [0.25, 0.3) is 0 Å². The second-order valence-corrected chi connectivity index (χ2v) is 3.46. The number of nitrogens with one attached hydrogen (secondary N) is 1. The Morgan fingerprint density at radius 1 is 1.62 bits per heavy atom. The first-order chi connectivity index (χ1) is 6.27. The smallest absolute Gasteiger partial charge is 0.0541 e. The Labute approximate surface area is 79.9 Å². The van der Waals surface area contributed by atoms with E-state index in [4.69, 9.17) is 5.73 Å². The Hall–Kier alpha value is -0.960. The molecular formula is C10H19N3. The highest BCUT2D eigenvalue weighted by atomic mass is 15.1. The highest BCUT2D eigenvalue weighted by Gasteiger charge is 2.08. The zero-order chi connectivity index (χ0) is 9.68. The average molecular weight is 181 g/mol. The van der Waals surface area contributed by atoms with Crippen LogP contribution >= 0.6 is 0 Å². The van der Waals surface area contributed by atoms with E-state index in [2.05, 4.69) is 29.9 Å². The fraction of sp³-hybridized carbons (Fsp3) is 0.600. The Bertz CT molecular complexity index is 214. The molecule has 1 unspecified atom stereocenters. The Kier molecular flexibility index (Phi) is 3.83. The van der Waals surface area contributed by atoms with Gasteiger partial charge in [0.1, 0.15) is 0 Å². The van der Waals surface area contributed by atoms with Crippen molar-refractivity contribution in [3.63, 3.8) is 0 Å². The monoisotopic (exact) mass is 181 g/mol. The van der Waals surface area contributed by atoms with E-state index in [1.807, 2.05) is 12.4 Å². The topological polar surface area (TPSA) is 45.0 Å². The maximum atomic E-state index is 5.65. The van der Waals surface area contributed by atoms with Crippen molar-refractivity contribution in [1.82, 2.24) is 4.98 Å². The summed E-state index contributed by atoms with van der Waals surface area (Å²) in [5.74, 6) is 0.597. The van der Waals surface area contributed by atoms with E-state index in [1.54, 1.807) is 0 Å². The second-order valence-electron chi connectivity index (χ2n) is 3.46. The van der Waals surface area contributed by atoms with Crippen LogP contribution in [0.4, 0.5) is 5.69 Å². The molecule has 13 heavy (non-hydrogen) atoms. The predicted octanol–water partition coefficient (Wildman–Crippen LogP) is 1.44. The minimum Gasteiger partial charge on any atom is -0.373 e. The van der Waals surface area contributed by atoms with E-state index in [0.717, 1.165) is 19.5 Å². The Morgan fingerprint density at radius 3 is 2.85 bits per heavy atom. The highest BCUT2D eigenvalue weighted by molar-refractivity contribution is 5.43. The highest BCUT2D eigenvalue weighted by Crippen LogP contribution is 2.13. The van der Waals surface area contributed by atoms with Gasteiger partial charge in [-0.2, -0.15) is 0 Å². The fourth-order valence-corrected chi connectivity index (χ4v) is 1.42. The van der Waals surface area contributed by atoms with Gasteiger partial charge in [0.2, 0.25) is 0 Å². The SMILES string of the molecule is CCC(CN)CN(C)c1cc[nH]c1.